The van der Waals surface area contributed by atoms with Crippen LogP contribution in [-0.2, 0) is 0 Å². The molecule has 28 heavy (non-hydrogen) atoms. The van der Waals surface area contributed by atoms with E-state index in [4.69, 9.17) is 23.2 Å². The van der Waals surface area contributed by atoms with Crippen molar-refractivity contribution >= 4 is 72.7 Å². The highest BCUT2D eigenvalue weighted by atomic mass is 79.9. The van der Waals surface area contributed by atoms with Crippen molar-refractivity contribution in [2.75, 3.05) is 0 Å². The number of benzene rings is 2. The number of hydrazone groups is 1. The third kappa shape index (κ3) is 3.71. The predicted octanol–water partition coefficient (Wildman–Crippen LogP) is 6.12. The molecule has 5 nitrogen and oxygen atoms in total. The molecular weight excluding hydrogens is 483 g/mol. The molecule has 2 heterocycles. The summed E-state index contributed by atoms with van der Waals surface area (Å²) in [5.74, 6) is -0.370. The highest BCUT2D eigenvalue weighted by molar-refractivity contribution is 9.10. The van der Waals surface area contributed by atoms with Crippen LogP contribution in [0.3, 0.4) is 0 Å². The zero-order valence-electron chi connectivity index (χ0n) is 14.0. The summed E-state index contributed by atoms with van der Waals surface area (Å²) in [6.45, 7) is 0. The number of nitrogens with zero attached hydrogens (tertiary/aromatic N) is 2. The summed E-state index contributed by atoms with van der Waals surface area (Å²) in [5.41, 5.74) is 4.94. The summed E-state index contributed by atoms with van der Waals surface area (Å²) >= 11 is 17.1. The first-order valence-corrected chi connectivity index (χ1v) is 10.4. The van der Waals surface area contributed by atoms with E-state index in [-0.39, 0.29) is 5.91 Å². The minimum atomic E-state index is -0.370. The number of rotatable bonds is 4. The third-order valence-electron chi connectivity index (χ3n) is 3.98. The summed E-state index contributed by atoms with van der Waals surface area (Å²) in [6.07, 6.45) is 3.16. The quantitative estimate of drug-likeness (QED) is 0.265. The molecule has 140 valence electrons. The fourth-order valence-electron chi connectivity index (χ4n) is 2.67. The van der Waals surface area contributed by atoms with Gasteiger partial charge in [0.15, 0.2) is 0 Å². The minimum absolute atomic E-state index is 0.370. The summed E-state index contributed by atoms with van der Waals surface area (Å²) in [4.78, 5) is 12.9. The van der Waals surface area contributed by atoms with E-state index in [1.165, 1.54) is 17.6 Å². The van der Waals surface area contributed by atoms with Crippen LogP contribution in [0.5, 0.6) is 0 Å². The number of halogens is 3. The maximum atomic E-state index is 12.5. The van der Waals surface area contributed by atoms with E-state index in [0.717, 1.165) is 31.4 Å². The number of carbonyl (C=O) groups is 1. The Kier molecular flexibility index (Phi) is 5.50. The van der Waals surface area contributed by atoms with Crippen LogP contribution in [0.4, 0.5) is 0 Å². The number of H-pyrrole nitrogens is 1. The second kappa shape index (κ2) is 8.05. The monoisotopic (exact) mass is 492 g/mol. The molecular formula is C19H11BrCl2N4OS. The normalized spacial score (nSPS) is 11.4. The first kappa shape index (κ1) is 19.1. The first-order valence-electron chi connectivity index (χ1n) is 8.04. The largest absolute Gasteiger partial charge is 0.283 e. The number of nitrogens with one attached hydrogen (secondary N) is 2. The average Bonchev–Trinajstić information content (AvgIpc) is 3.28. The minimum Gasteiger partial charge on any atom is -0.277 e. The van der Waals surface area contributed by atoms with Gasteiger partial charge in [-0.3, -0.25) is 9.89 Å². The third-order valence-corrected chi connectivity index (χ3v) is 6.54. The van der Waals surface area contributed by atoms with Gasteiger partial charge in [-0.05, 0) is 24.3 Å². The molecule has 2 N–H and O–H groups in total. The number of hydrogen-bond donors (Lipinski definition) is 2. The van der Waals surface area contributed by atoms with Gasteiger partial charge < -0.3 is 0 Å². The Morgan fingerprint density at radius 2 is 2.00 bits per heavy atom. The highest BCUT2D eigenvalue weighted by Gasteiger charge is 2.18. The van der Waals surface area contributed by atoms with E-state index in [9.17, 15) is 4.79 Å². The maximum Gasteiger partial charge on any atom is 0.283 e. The van der Waals surface area contributed by atoms with E-state index in [0.29, 0.717) is 14.9 Å². The zero-order valence-corrected chi connectivity index (χ0v) is 18.0. The van der Waals surface area contributed by atoms with Crippen molar-refractivity contribution in [2.45, 2.75) is 0 Å². The standard InChI is InChI=1S/C19H11BrCl2N4OS/c20-13-2-1-3-14-15(13)16(22)18(28-14)19(27)26-24-9-11-8-23-25-17(11)10-4-6-12(21)7-5-10/h1-9H,(H,23,25)(H,26,27). The van der Waals surface area contributed by atoms with Crippen LogP contribution in [0.2, 0.25) is 10.0 Å². The molecule has 0 bridgehead atoms. The van der Waals surface area contributed by atoms with E-state index in [2.05, 4.69) is 36.7 Å². The Labute approximate surface area is 182 Å². The Balaban J connectivity index is 1.54. The van der Waals surface area contributed by atoms with Gasteiger partial charge in [0.1, 0.15) is 4.88 Å². The number of carbonyl (C=O) groups excluding carboxylic acids is 1. The Hall–Kier alpha value is -2.19. The van der Waals surface area contributed by atoms with E-state index < -0.39 is 0 Å². The van der Waals surface area contributed by atoms with Crippen molar-refractivity contribution in [1.29, 1.82) is 0 Å². The van der Waals surface area contributed by atoms with Gasteiger partial charge >= 0.3 is 0 Å². The molecule has 0 radical (unpaired) electrons. The second-order valence-electron chi connectivity index (χ2n) is 5.76. The number of amides is 1. The molecule has 2 aromatic carbocycles. The molecule has 0 aliphatic rings. The Morgan fingerprint density at radius 3 is 2.75 bits per heavy atom. The molecule has 0 atom stereocenters. The van der Waals surface area contributed by atoms with Crippen molar-refractivity contribution in [3.63, 3.8) is 0 Å². The molecule has 4 rings (SSSR count). The Morgan fingerprint density at radius 1 is 1.21 bits per heavy atom. The van der Waals surface area contributed by atoms with Crippen molar-refractivity contribution in [3.05, 3.63) is 73.6 Å². The lowest BCUT2D eigenvalue weighted by Gasteiger charge is -2.00. The molecule has 1 amide bonds. The van der Waals surface area contributed by atoms with Crippen LogP contribution < -0.4 is 5.43 Å². The maximum absolute atomic E-state index is 12.5. The van der Waals surface area contributed by atoms with Crippen molar-refractivity contribution in [1.82, 2.24) is 15.6 Å². The lowest BCUT2D eigenvalue weighted by Crippen LogP contribution is -2.16. The topological polar surface area (TPSA) is 70.1 Å². The van der Waals surface area contributed by atoms with E-state index in [1.807, 2.05) is 30.3 Å². The fourth-order valence-corrected chi connectivity index (χ4v) is 5.08. The molecule has 0 saturated carbocycles. The van der Waals surface area contributed by atoms with Gasteiger partial charge in [0.2, 0.25) is 0 Å². The van der Waals surface area contributed by atoms with Crippen molar-refractivity contribution < 1.29 is 4.79 Å². The van der Waals surface area contributed by atoms with Crippen LogP contribution >= 0.6 is 50.5 Å². The fraction of sp³-hybridized carbons (Fsp3) is 0. The van der Waals surface area contributed by atoms with Gasteiger partial charge in [-0.15, -0.1) is 11.3 Å². The predicted molar refractivity (Wildman–Crippen MR) is 119 cm³/mol. The zero-order chi connectivity index (χ0) is 19.7. The molecule has 0 spiro atoms. The molecule has 0 fully saturated rings. The number of aromatic amines is 1. The number of aromatic nitrogens is 2. The van der Waals surface area contributed by atoms with Crippen LogP contribution in [0, 0.1) is 0 Å². The smallest absolute Gasteiger partial charge is 0.277 e. The van der Waals surface area contributed by atoms with Gasteiger partial charge in [-0.25, -0.2) is 5.43 Å². The summed E-state index contributed by atoms with van der Waals surface area (Å²) < 4.78 is 1.77. The number of fused-ring (bicyclic) bond motifs is 1. The summed E-state index contributed by atoms with van der Waals surface area (Å²) in [6, 6.07) is 13.0. The van der Waals surface area contributed by atoms with Gasteiger partial charge in [-0.1, -0.05) is 57.3 Å². The van der Waals surface area contributed by atoms with Gasteiger partial charge in [0.25, 0.3) is 5.91 Å². The van der Waals surface area contributed by atoms with Gasteiger partial charge in [0.05, 0.1) is 23.1 Å². The highest BCUT2D eigenvalue weighted by Crippen LogP contribution is 2.39. The lowest BCUT2D eigenvalue weighted by molar-refractivity contribution is 0.0959. The van der Waals surface area contributed by atoms with Crippen molar-refractivity contribution in [2.24, 2.45) is 5.10 Å². The molecule has 0 saturated heterocycles. The molecule has 4 aromatic rings. The lowest BCUT2D eigenvalue weighted by atomic mass is 10.1. The summed E-state index contributed by atoms with van der Waals surface area (Å²) in [7, 11) is 0. The second-order valence-corrected chi connectivity index (χ2v) is 8.49. The molecule has 9 heteroatoms. The van der Waals surface area contributed by atoms with Crippen LogP contribution in [-0.4, -0.2) is 22.3 Å². The van der Waals surface area contributed by atoms with Crippen LogP contribution in [0.1, 0.15) is 15.2 Å². The van der Waals surface area contributed by atoms with Gasteiger partial charge in [0, 0.05) is 30.7 Å². The molecule has 0 aliphatic carbocycles. The number of thiophene rings is 1. The van der Waals surface area contributed by atoms with Crippen LogP contribution in [0.25, 0.3) is 21.3 Å². The Bertz CT molecular complexity index is 1200. The molecule has 0 aliphatic heterocycles. The molecule has 2 aromatic heterocycles. The molecule has 0 unspecified atom stereocenters. The SMILES string of the molecule is O=C(NN=Cc1cn[nH]c1-c1ccc(Cl)cc1)c1sc2cccc(Br)c2c1Cl. The van der Waals surface area contributed by atoms with E-state index in [1.54, 1.807) is 18.3 Å². The average molecular weight is 494 g/mol. The van der Waals surface area contributed by atoms with Crippen molar-refractivity contribution in [3.8, 4) is 11.3 Å². The van der Waals surface area contributed by atoms with E-state index >= 15 is 0 Å². The van der Waals surface area contributed by atoms with Gasteiger partial charge in [-0.2, -0.15) is 10.2 Å². The number of hydrogen-bond acceptors (Lipinski definition) is 4. The van der Waals surface area contributed by atoms with Crippen LogP contribution in [0.15, 0.2) is 58.2 Å². The first-order chi connectivity index (χ1) is 13.5. The summed E-state index contributed by atoms with van der Waals surface area (Å²) in [5, 5.41) is 12.9.